The standard InChI is InChI=1S/C9H11ClN2O4S/c1-2-16-9(13)12-8-5-6(17(11,14)15)3-4-7(8)10/h3-5H,2H2,1H3,(H,12,13)(H2,11,14,15). The molecule has 1 rings (SSSR count). The van der Waals surface area contributed by atoms with Gasteiger partial charge in [0.1, 0.15) is 0 Å². The predicted molar refractivity (Wildman–Crippen MR) is 63.5 cm³/mol. The van der Waals surface area contributed by atoms with Crippen molar-refractivity contribution in [2.45, 2.75) is 11.8 Å². The summed E-state index contributed by atoms with van der Waals surface area (Å²) >= 11 is 5.78. The molecule has 1 amide bonds. The number of hydrogen-bond donors (Lipinski definition) is 2. The zero-order chi connectivity index (χ0) is 13.1. The van der Waals surface area contributed by atoms with Crippen molar-refractivity contribution in [3.8, 4) is 0 Å². The van der Waals surface area contributed by atoms with E-state index in [2.05, 4.69) is 10.1 Å². The minimum atomic E-state index is -3.84. The van der Waals surface area contributed by atoms with Gasteiger partial charge in [-0.3, -0.25) is 5.32 Å². The molecule has 0 bridgehead atoms. The maximum absolute atomic E-state index is 11.2. The van der Waals surface area contributed by atoms with E-state index in [9.17, 15) is 13.2 Å². The normalized spacial score (nSPS) is 11.0. The number of primary sulfonamides is 1. The van der Waals surface area contributed by atoms with E-state index in [0.29, 0.717) is 0 Å². The van der Waals surface area contributed by atoms with Gasteiger partial charge >= 0.3 is 6.09 Å². The summed E-state index contributed by atoms with van der Waals surface area (Å²) in [5.41, 5.74) is 0.122. The molecule has 0 fully saturated rings. The van der Waals surface area contributed by atoms with Gasteiger partial charge in [-0.05, 0) is 25.1 Å². The van der Waals surface area contributed by atoms with Gasteiger partial charge in [-0.2, -0.15) is 0 Å². The monoisotopic (exact) mass is 278 g/mol. The highest BCUT2D eigenvalue weighted by Crippen LogP contribution is 2.24. The molecule has 0 heterocycles. The fraction of sp³-hybridized carbons (Fsp3) is 0.222. The van der Waals surface area contributed by atoms with Gasteiger partial charge in [-0.25, -0.2) is 18.4 Å². The summed E-state index contributed by atoms with van der Waals surface area (Å²) in [5, 5.41) is 7.45. The van der Waals surface area contributed by atoms with Gasteiger partial charge in [0.05, 0.1) is 22.2 Å². The largest absolute Gasteiger partial charge is 0.450 e. The van der Waals surface area contributed by atoms with Crippen LogP contribution in [0.1, 0.15) is 6.92 Å². The second kappa shape index (κ2) is 5.35. The molecule has 3 N–H and O–H groups in total. The number of amides is 1. The topological polar surface area (TPSA) is 98.5 Å². The molecule has 1 aromatic carbocycles. The number of anilines is 1. The Hall–Kier alpha value is -1.31. The van der Waals surface area contributed by atoms with Crippen LogP contribution < -0.4 is 10.5 Å². The number of rotatable bonds is 3. The maximum atomic E-state index is 11.2. The molecule has 0 saturated carbocycles. The van der Waals surface area contributed by atoms with E-state index in [-0.39, 0.29) is 22.2 Å². The molecule has 0 unspecified atom stereocenters. The molecule has 0 aliphatic rings. The molecule has 0 aliphatic carbocycles. The van der Waals surface area contributed by atoms with Gasteiger partial charge < -0.3 is 4.74 Å². The molecule has 94 valence electrons. The summed E-state index contributed by atoms with van der Waals surface area (Å²) in [7, 11) is -3.84. The summed E-state index contributed by atoms with van der Waals surface area (Å²) in [6.45, 7) is 1.83. The van der Waals surface area contributed by atoms with Crippen LogP contribution in [0.25, 0.3) is 0 Å². The Balaban J connectivity index is 3.03. The van der Waals surface area contributed by atoms with Gasteiger partial charge in [-0.1, -0.05) is 11.6 Å². The van der Waals surface area contributed by atoms with Crippen LogP contribution in [0.15, 0.2) is 23.1 Å². The number of ether oxygens (including phenoxy) is 1. The number of hydrogen-bond acceptors (Lipinski definition) is 4. The molecule has 0 aromatic heterocycles. The Morgan fingerprint density at radius 3 is 2.71 bits per heavy atom. The number of halogens is 1. The van der Waals surface area contributed by atoms with E-state index in [1.807, 2.05) is 0 Å². The van der Waals surface area contributed by atoms with E-state index in [0.717, 1.165) is 6.07 Å². The van der Waals surface area contributed by atoms with Crippen LogP contribution in [0.2, 0.25) is 5.02 Å². The highest BCUT2D eigenvalue weighted by molar-refractivity contribution is 7.89. The first-order valence-electron chi connectivity index (χ1n) is 4.60. The molecular weight excluding hydrogens is 268 g/mol. The molecule has 0 aliphatic heterocycles. The van der Waals surface area contributed by atoms with Crippen molar-refractivity contribution in [2.75, 3.05) is 11.9 Å². The molecule has 0 atom stereocenters. The lowest BCUT2D eigenvalue weighted by Gasteiger charge is -2.08. The van der Waals surface area contributed by atoms with Crippen LogP contribution in [-0.4, -0.2) is 21.1 Å². The highest BCUT2D eigenvalue weighted by Gasteiger charge is 2.12. The molecule has 0 saturated heterocycles. The Morgan fingerprint density at radius 1 is 1.53 bits per heavy atom. The van der Waals surface area contributed by atoms with E-state index in [1.165, 1.54) is 12.1 Å². The summed E-state index contributed by atoms with van der Waals surface area (Å²) in [6, 6.07) is 3.73. The Kier molecular flexibility index (Phi) is 4.33. The van der Waals surface area contributed by atoms with Crippen LogP contribution in [0.5, 0.6) is 0 Å². The van der Waals surface area contributed by atoms with E-state index in [4.69, 9.17) is 16.7 Å². The molecule has 17 heavy (non-hydrogen) atoms. The fourth-order valence-electron chi connectivity index (χ4n) is 1.05. The third kappa shape index (κ3) is 3.88. The summed E-state index contributed by atoms with van der Waals surface area (Å²) in [5.74, 6) is 0. The second-order valence-electron chi connectivity index (χ2n) is 3.03. The SMILES string of the molecule is CCOC(=O)Nc1cc(S(N)(=O)=O)ccc1Cl. The quantitative estimate of drug-likeness (QED) is 0.876. The van der Waals surface area contributed by atoms with Crippen molar-refractivity contribution in [3.05, 3.63) is 23.2 Å². The lowest BCUT2D eigenvalue weighted by atomic mass is 10.3. The average Bonchev–Trinajstić information content (AvgIpc) is 2.20. The summed E-state index contributed by atoms with van der Waals surface area (Å²) in [4.78, 5) is 11.0. The Morgan fingerprint density at radius 2 is 2.18 bits per heavy atom. The van der Waals surface area contributed by atoms with Gasteiger partial charge in [-0.15, -0.1) is 0 Å². The number of benzene rings is 1. The smallest absolute Gasteiger partial charge is 0.411 e. The van der Waals surface area contributed by atoms with Crippen molar-refractivity contribution in [3.63, 3.8) is 0 Å². The molecule has 0 spiro atoms. The predicted octanol–water partition coefficient (Wildman–Crippen LogP) is 1.56. The van der Waals surface area contributed by atoms with Crippen LogP contribution in [0.4, 0.5) is 10.5 Å². The molecular formula is C9H11ClN2O4S. The van der Waals surface area contributed by atoms with Gasteiger partial charge in [0.2, 0.25) is 10.0 Å². The summed E-state index contributed by atoms with van der Waals surface area (Å²) < 4.78 is 26.8. The first-order chi connectivity index (χ1) is 7.84. The fourth-order valence-corrected chi connectivity index (χ4v) is 1.76. The van der Waals surface area contributed by atoms with Crippen LogP contribution in [0, 0.1) is 0 Å². The molecule has 6 nitrogen and oxygen atoms in total. The van der Waals surface area contributed by atoms with Gasteiger partial charge in [0.15, 0.2) is 0 Å². The van der Waals surface area contributed by atoms with E-state index < -0.39 is 16.1 Å². The second-order valence-corrected chi connectivity index (χ2v) is 5.00. The van der Waals surface area contributed by atoms with Crippen molar-refractivity contribution >= 4 is 33.4 Å². The third-order valence-corrected chi connectivity index (χ3v) is 3.02. The van der Waals surface area contributed by atoms with Crippen LogP contribution in [-0.2, 0) is 14.8 Å². The lowest BCUT2D eigenvalue weighted by Crippen LogP contribution is -2.15. The van der Waals surface area contributed by atoms with E-state index in [1.54, 1.807) is 6.92 Å². The number of nitrogens with two attached hydrogens (primary N) is 1. The Bertz CT molecular complexity index is 530. The molecule has 0 radical (unpaired) electrons. The minimum absolute atomic E-state index is 0.122. The van der Waals surface area contributed by atoms with Crippen molar-refractivity contribution in [2.24, 2.45) is 5.14 Å². The molecule has 1 aromatic rings. The third-order valence-electron chi connectivity index (χ3n) is 1.78. The highest BCUT2D eigenvalue weighted by atomic mass is 35.5. The van der Waals surface area contributed by atoms with Crippen molar-refractivity contribution in [1.29, 1.82) is 0 Å². The van der Waals surface area contributed by atoms with Crippen LogP contribution >= 0.6 is 11.6 Å². The number of nitrogens with one attached hydrogen (secondary N) is 1. The maximum Gasteiger partial charge on any atom is 0.411 e. The van der Waals surface area contributed by atoms with Crippen LogP contribution in [0.3, 0.4) is 0 Å². The minimum Gasteiger partial charge on any atom is -0.450 e. The first-order valence-corrected chi connectivity index (χ1v) is 6.53. The lowest BCUT2D eigenvalue weighted by molar-refractivity contribution is 0.168. The zero-order valence-corrected chi connectivity index (χ0v) is 10.5. The number of carbonyl (C=O) groups excluding carboxylic acids is 1. The molecule has 8 heteroatoms. The Labute approximate surface area is 104 Å². The van der Waals surface area contributed by atoms with Gasteiger partial charge in [0.25, 0.3) is 0 Å². The zero-order valence-electron chi connectivity index (χ0n) is 8.94. The van der Waals surface area contributed by atoms with Gasteiger partial charge in [0, 0.05) is 0 Å². The van der Waals surface area contributed by atoms with Crippen molar-refractivity contribution in [1.82, 2.24) is 0 Å². The number of sulfonamides is 1. The first kappa shape index (κ1) is 13.8. The van der Waals surface area contributed by atoms with E-state index >= 15 is 0 Å². The summed E-state index contributed by atoms with van der Waals surface area (Å²) in [6.07, 6.45) is -0.721. The average molecular weight is 279 g/mol. The number of carbonyl (C=O) groups is 1. The van der Waals surface area contributed by atoms with Crippen molar-refractivity contribution < 1.29 is 17.9 Å².